The van der Waals surface area contributed by atoms with Crippen LogP contribution in [0.3, 0.4) is 0 Å². The summed E-state index contributed by atoms with van der Waals surface area (Å²) in [5.41, 5.74) is 0. The van der Waals surface area contributed by atoms with Crippen molar-refractivity contribution >= 4 is 32.1 Å². The highest BCUT2D eigenvalue weighted by Gasteiger charge is 2.29. The smallest absolute Gasteiger partial charge is 0.286 e. The predicted molar refractivity (Wildman–Crippen MR) is 95.1 cm³/mol. The highest BCUT2D eigenvalue weighted by atomic mass is 32.2. The highest BCUT2D eigenvalue weighted by Crippen LogP contribution is 2.11. The molecule has 0 aromatic heterocycles. The first-order chi connectivity index (χ1) is 11.7. The molecule has 154 valence electrons. The Morgan fingerprint density at radius 2 is 1.00 bits per heavy atom. The number of carbonyl (C=O) groups is 2. The summed E-state index contributed by atoms with van der Waals surface area (Å²) in [5.74, 6) is -2.21. The van der Waals surface area contributed by atoms with Crippen LogP contribution in [0.25, 0.3) is 0 Å². The van der Waals surface area contributed by atoms with Gasteiger partial charge in [0.15, 0.2) is 10.7 Å². The van der Waals surface area contributed by atoms with E-state index in [-0.39, 0.29) is 25.7 Å². The molecule has 0 fully saturated rings. The molecular weight excluding hydrogens is 388 g/mol. The van der Waals surface area contributed by atoms with Gasteiger partial charge in [0.05, 0.1) is 0 Å². The van der Waals surface area contributed by atoms with Crippen LogP contribution < -0.4 is 10.6 Å². The van der Waals surface area contributed by atoms with Crippen LogP contribution in [-0.2, 0) is 29.8 Å². The molecule has 0 rings (SSSR count). The molecule has 4 N–H and O–H groups in total. The van der Waals surface area contributed by atoms with Crippen molar-refractivity contribution in [1.29, 1.82) is 0 Å². The number of nitrogens with one attached hydrogen (secondary N) is 2. The van der Waals surface area contributed by atoms with Crippen LogP contribution in [0.15, 0.2) is 0 Å². The SMILES string of the molecule is CC(C)C(NC(=O)CCCCC(=O)NC(C(C)C)S(=O)(=O)O)S(=O)(=O)O. The average Bonchev–Trinajstić information content (AvgIpc) is 2.43. The lowest BCUT2D eigenvalue weighted by atomic mass is 10.1. The van der Waals surface area contributed by atoms with Gasteiger partial charge >= 0.3 is 0 Å². The second-order valence-corrected chi connectivity index (χ2v) is 9.78. The molecule has 2 amide bonds. The monoisotopic (exact) mass is 416 g/mol. The number of amides is 2. The minimum atomic E-state index is -4.42. The van der Waals surface area contributed by atoms with Gasteiger partial charge in [0, 0.05) is 12.8 Å². The number of rotatable bonds is 11. The maximum Gasteiger partial charge on any atom is 0.286 e. The van der Waals surface area contributed by atoms with Gasteiger partial charge in [0.1, 0.15) is 0 Å². The van der Waals surface area contributed by atoms with Gasteiger partial charge in [0.2, 0.25) is 11.8 Å². The molecule has 0 aromatic carbocycles. The molecule has 0 radical (unpaired) electrons. The Morgan fingerprint density at radius 1 is 0.731 bits per heavy atom. The lowest BCUT2D eigenvalue weighted by Gasteiger charge is -2.19. The zero-order valence-electron chi connectivity index (χ0n) is 15.3. The first-order valence-corrected chi connectivity index (χ1v) is 11.2. The summed E-state index contributed by atoms with van der Waals surface area (Å²) in [4.78, 5) is 23.5. The van der Waals surface area contributed by atoms with E-state index in [9.17, 15) is 26.4 Å². The van der Waals surface area contributed by atoms with Gasteiger partial charge in [0.25, 0.3) is 20.2 Å². The molecule has 0 heterocycles. The zero-order chi connectivity index (χ0) is 20.7. The Balaban J connectivity index is 4.38. The molecule has 0 spiro atoms. The van der Waals surface area contributed by atoms with E-state index < -0.39 is 54.6 Å². The van der Waals surface area contributed by atoms with Gasteiger partial charge in [-0.05, 0) is 24.7 Å². The summed E-state index contributed by atoms with van der Waals surface area (Å²) in [6.45, 7) is 6.12. The predicted octanol–water partition coefficient (Wildman–Crippen LogP) is 0.519. The van der Waals surface area contributed by atoms with Gasteiger partial charge in [-0.3, -0.25) is 18.7 Å². The van der Waals surface area contributed by atoms with Gasteiger partial charge in [-0.1, -0.05) is 27.7 Å². The molecule has 0 aliphatic rings. The van der Waals surface area contributed by atoms with Crippen LogP contribution in [0.1, 0.15) is 53.4 Å². The molecule has 0 aliphatic heterocycles. The van der Waals surface area contributed by atoms with Crippen molar-refractivity contribution in [3.63, 3.8) is 0 Å². The second-order valence-electron chi connectivity index (χ2n) is 6.70. The minimum Gasteiger partial charge on any atom is -0.337 e. The third-order valence-electron chi connectivity index (χ3n) is 3.52. The van der Waals surface area contributed by atoms with E-state index in [4.69, 9.17) is 9.11 Å². The summed E-state index contributed by atoms with van der Waals surface area (Å²) in [6, 6.07) is 0. The van der Waals surface area contributed by atoms with Crippen molar-refractivity contribution in [2.75, 3.05) is 0 Å². The molecule has 26 heavy (non-hydrogen) atoms. The Kier molecular flexibility index (Phi) is 9.70. The first kappa shape index (κ1) is 24.8. The largest absolute Gasteiger partial charge is 0.337 e. The van der Waals surface area contributed by atoms with E-state index in [0.29, 0.717) is 0 Å². The fraction of sp³-hybridized carbons (Fsp3) is 0.857. The number of carbonyl (C=O) groups excluding carboxylic acids is 2. The summed E-state index contributed by atoms with van der Waals surface area (Å²) < 4.78 is 62.9. The quantitative estimate of drug-likeness (QED) is 0.279. The van der Waals surface area contributed by atoms with Gasteiger partial charge in [-0.15, -0.1) is 0 Å². The van der Waals surface area contributed by atoms with E-state index >= 15 is 0 Å². The Labute approximate surface area is 154 Å². The third kappa shape index (κ3) is 9.46. The second kappa shape index (κ2) is 10.2. The molecule has 0 saturated carbocycles. The zero-order valence-corrected chi connectivity index (χ0v) is 16.9. The van der Waals surface area contributed by atoms with Crippen LogP contribution in [0.5, 0.6) is 0 Å². The van der Waals surface area contributed by atoms with E-state index in [1.54, 1.807) is 0 Å². The Hall–Kier alpha value is -1.24. The Morgan fingerprint density at radius 3 is 1.19 bits per heavy atom. The molecule has 0 saturated heterocycles. The van der Waals surface area contributed by atoms with Crippen molar-refractivity contribution in [2.45, 2.75) is 64.1 Å². The van der Waals surface area contributed by atoms with E-state index in [2.05, 4.69) is 10.6 Å². The summed E-state index contributed by atoms with van der Waals surface area (Å²) in [6.07, 6.45) is 0.400. The van der Waals surface area contributed by atoms with E-state index in [1.807, 2.05) is 0 Å². The molecular formula is C14H28N2O8S2. The van der Waals surface area contributed by atoms with E-state index in [0.717, 1.165) is 0 Å². The van der Waals surface area contributed by atoms with Crippen LogP contribution in [0.2, 0.25) is 0 Å². The highest BCUT2D eigenvalue weighted by molar-refractivity contribution is 7.86. The van der Waals surface area contributed by atoms with Crippen molar-refractivity contribution in [3.05, 3.63) is 0 Å². The molecule has 2 unspecified atom stereocenters. The molecule has 0 aliphatic carbocycles. The van der Waals surface area contributed by atoms with Crippen molar-refractivity contribution in [2.24, 2.45) is 11.8 Å². The number of hydrogen-bond acceptors (Lipinski definition) is 6. The van der Waals surface area contributed by atoms with E-state index in [1.165, 1.54) is 27.7 Å². The van der Waals surface area contributed by atoms with Gasteiger partial charge in [-0.2, -0.15) is 16.8 Å². The van der Waals surface area contributed by atoms with Crippen LogP contribution in [-0.4, -0.2) is 48.5 Å². The van der Waals surface area contributed by atoms with Gasteiger partial charge in [-0.25, -0.2) is 0 Å². The summed E-state index contributed by atoms with van der Waals surface area (Å²) in [5, 5.41) is 1.64. The van der Waals surface area contributed by atoms with Crippen LogP contribution >= 0.6 is 0 Å². The topological polar surface area (TPSA) is 167 Å². The fourth-order valence-corrected chi connectivity index (χ4v) is 4.14. The normalized spacial score (nSPS) is 14.9. The van der Waals surface area contributed by atoms with Crippen molar-refractivity contribution in [3.8, 4) is 0 Å². The van der Waals surface area contributed by atoms with Crippen molar-refractivity contribution in [1.82, 2.24) is 10.6 Å². The van der Waals surface area contributed by atoms with Crippen LogP contribution in [0, 0.1) is 11.8 Å². The maximum atomic E-state index is 11.7. The molecule has 12 heteroatoms. The third-order valence-corrected chi connectivity index (χ3v) is 6.12. The standard InChI is InChI=1S/C14H28N2O8S2/c1-9(2)13(25(19,20)21)15-11(17)7-5-6-8-12(18)16-14(10(3)4)26(22,23)24/h9-10,13-14H,5-8H2,1-4H3,(H,15,17)(H,16,18)(H,19,20,21)(H,22,23,24). The lowest BCUT2D eigenvalue weighted by molar-refractivity contribution is -0.123. The first-order valence-electron chi connectivity index (χ1n) is 8.17. The number of hydrogen-bond donors (Lipinski definition) is 4. The molecule has 2 atom stereocenters. The van der Waals surface area contributed by atoms with Crippen molar-refractivity contribution < 1.29 is 35.5 Å². The average molecular weight is 417 g/mol. The lowest BCUT2D eigenvalue weighted by Crippen LogP contribution is -2.44. The molecule has 0 bridgehead atoms. The van der Waals surface area contributed by atoms with Gasteiger partial charge < -0.3 is 10.6 Å². The summed E-state index contributed by atoms with van der Waals surface area (Å²) >= 11 is 0. The fourth-order valence-electron chi connectivity index (χ4n) is 2.20. The minimum absolute atomic E-state index is 0.0576. The molecule has 0 aromatic rings. The maximum absolute atomic E-state index is 11.7. The Bertz CT molecular complexity index is 626. The summed E-state index contributed by atoms with van der Waals surface area (Å²) in [7, 11) is -8.83. The molecule has 10 nitrogen and oxygen atoms in total. The van der Waals surface area contributed by atoms with Crippen LogP contribution in [0.4, 0.5) is 0 Å². The number of unbranched alkanes of at least 4 members (excludes halogenated alkanes) is 1.